The number of anilines is 1. The maximum Gasteiger partial charge on any atom is 0.150 e. The van der Waals surface area contributed by atoms with Crippen LogP contribution in [0.3, 0.4) is 0 Å². The predicted molar refractivity (Wildman–Crippen MR) is 77.5 cm³/mol. The third kappa shape index (κ3) is 3.64. The van der Waals surface area contributed by atoms with E-state index in [9.17, 15) is 8.60 Å². The van der Waals surface area contributed by atoms with Gasteiger partial charge in [0, 0.05) is 22.1 Å². The van der Waals surface area contributed by atoms with Gasteiger partial charge in [-0.15, -0.1) is 0 Å². The van der Waals surface area contributed by atoms with E-state index in [2.05, 4.69) is 0 Å². The van der Waals surface area contributed by atoms with Gasteiger partial charge in [0.2, 0.25) is 0 Å². The largest absolute Gasteiger partial charge is 0.396 e. The highest BCUT2D eigenvalue weighted by atomic mass is 32.2. The molecule has 0 spiro atoms. The molecule has 2 rings (SSSR count). The van der Waals surface area contributed by atoms with Gasteiger partial charge in [0.1, 0.15) is 5.82 Å². The van der Waals surface area contributed by atoms with Crippen LogP contribution in [0.2, 0.25) is 0 Å². The number of benzene rings is 2. The number of nitrogen functional groups attached to an aromatic ring is 1. The van der Waals surface area contributed by atoms with E-state index in [1.165, 1.54) is 6.07 Å². The van der Waals surface area contributed by atoms with Crippen molar-refractivity contribution in [2.24, 2.45) is 0 Å². The topological polar surface area (TPSA) is 43.1 Å². The molecule has 19 heavy (non-hydrogen) atoms. The molecule has 2 aromatic rings. The third-order valence-electron chi connectivity index (χ3n) is 2.84. The fourth-order valence-corrected chi connectivity index (χ4v) is 3.15. The summed E-state index contributed by atoms with van der Waals surface area (Å²) in [6, 6.07) is 12.7. The monoisotopic (exact) mass is 277 g/mol. The van der Waals surface area contributed by atoms with E-state index in [0.29, 0.717) is 11.3 Å². The Morgan fingerprint density at radius 3 is 2.63 bits per heavy atom. The fourth-order valence-electron chi connectivity index (χ4n) is 1.92. The van der Waals surface area contributed by atoms with Crippen LogP contribution in [0.4, 0.5) is 10.1 Å². The SMILES string of the molecule is Cc1cccc(CS(=O)Cc2cccc(N)c2F)c1. The van der Waals surface area contributed by atoms with Gasteiger partial charge in [0.05, 0.1) is 11.4 Å². The Morgan fingerprint density at radius 1 is 1.16 bits per heavy atom. The quantitative estimate of drug-likeness (QED) is 0.872. The summed E-state index contributed by atoms with van der Waals surface area (Å²) in [5.41, 5.74) is 8.14. The van der Waals surface area contributed by atoms with Gasteiger partial charge in [-0.25, -0.2) is 4.39 Å². The molecule has 0 bridgehead atoms. The van der Waals surface area contributed by atoms with Gasteiger partial charge >= 0.3 is 0 Å². The summed E-state index contributed by atoms with van der Waals surface area (Å²) in [6.07, 6.45) is 0. The zero-order chi connectivity index (χ0) is 13.8. The second kappa shape index (κ2) is 5.97. The highest BCUT2D eigenvalue weighted by molar-refractivity contribution is 7.83. The predicted octanol–water partition coefficient (Wildman–Crippen LogP) is 3.17. The van der Waals surface area contributed by atoms with Crippen LogP contribution in [0.25, 0.3) is 0 Å². The molecule has 0 aliphatic carbocycles. The van der Waals surface area contributed by atoms with Gasteiger partial charge in [0.25, 0.3) is 0 Å². The van der Waals surface area contributed by atoms with Crippen LogP contribution in [-0.4, -0.2) is 4.21 Å². The molecular weight excluding hydrogens is 261 g/mol. The van der Waals surface area contributed by atoms with E-state index in [1.54, 1.807) is 12.1 Å². The molecule has 2 N–H and O–H groups in total. The molecule has 0 amide bonds. The maximum absolute atomic E-state index is 13.7. The number of hydrogen-bond donors (Lipinski definition) is 1. The Balaban J connectivity index is 2.08. The minimum Gasteiger partial charge on any atom is -0.396 e. The van der Waals surface area contributed by atoms with Crippen molar-refractivity contribution in [2.75, 3.05) is 5.73 Å². The number of halogens is 1. The van der Waals surface area contributed by atoms with E-state index in [-0.39, 0.29) is 11.4 Å². The van der Waals surface area contributed by atoms with Crippen LogP contribution in [0.1, 0.15) is 16.7 Å². The van der Waals surface area contributed by atoms with Crippen LogP contribution in [0.5, 0.6) is 0 Å². The molecule has 2 aromatic carbocycles. The van der Waals surface area contributed by atoms with E-state index < -0.39 is 16.6 Å². The van der Waals surface area contributed by atoms with Crippen LogP contribution in [0.15, 0.2) is 42.5 Å². The lowest BCUT2D eigenvalue weighted by Gasteiger charge is -2.06. The summed E-state index contributed by atoms with van der Waals surface area (Å²) >= 11 is 0. The van der Waals surface area contributed by atoms with Crippen LogP contribution < -0.4 is 5.73 Å². The summed E-state index contributed by atoms with van der Waals surface area (Å²) in [6.45, 7) is 1.99. The minimum absolute atomic E-state index is 0.102. The van der Waals surface area contributed by atoms with Crippen LogP contribution >= 0.6 is 0 Å². The molecule has 1 unspecified atom stereocenters. The van der Waals surface area contributed by atoms with Crippen molar-refractivity contribution in [1.29, 1.82) is 0 Å². The van der Waals surface area contributed by atoms with Crippen molar-refractivity contribution < 1.29 is 8.60 Å². The number of hydrogen-bond acceptors (Lipinski definition) is 2. The number of nitrogens with two attached hydrogens (primary N) is 1. The molecule has 1 atom stereocenters. The first-order valence-electron chi connectivity index (χ1n) is 5.99. The first-order valence-corrected chi connectivity index (χ1v) is 7.48. The van der Waals surface area contributed by atoms with Gasteiger partial charge in [-0.3, -0.25) is 4.21 Å². The summed E-state index contributed by atoms with van der Waals surface area (Å²) in [4.78, 5) is 0. The van der Waals surface area contributed by atoms with E-state index in [4.69, 9.17) is 5.73 Å². The summed E-state index contributed by atoms with van der Waals surface area (Å²) in [5, 5.41) is 0. The van der Waals surface area contributed by atoms with Crippen LogP contribution in [0, 0.1) is 12.7 Å². The number of rotatable bonds is 4. The highest BCUT2D eigenvalue weighted by Crippen LogP contribution is 2.17. The van der Waals surface area contributed by atoms with Crippen molar-refractivity contribution in [3.63, 3.8) is 0 Å². The zero-order valence-corrected chi connectivity index (χ0v) is 11.5. The van der Waals surface area contributed by atoms with Gasteiger partial charge in [-0.05, 0) is 18.6 Å². The Morgan fingerprint density at radius 2 is 1.89 bits per heavy atom. The zero-order valence-electron chi connectivity index (χ0n) is 10.7. The minimum atomic E-state index is -1.14. The molecule has 100 valence electrons. The van der Waals surface area contributed by atoms with E-state index in [1.807, 2.05) is 31.2 Å². The average molecular weight is 277 g/mol. The molecular formula is C15H16FNOS. The molecule has 0 heterocycles. The Kier molecular flexibility index (Phi) is 4.32. The second-order valence-electron chi connectivity index (χ2n) is 4.54. The van der Waals surface area contributed by atoms with Gasteiger partial charge in [-0.2, -0.15) is 0 Å². The maximum atomic E-state index is 13.7. The highest BCUT2D eigenvalue weighted by Gasteiger charge is 2.09. The fraction of sp³-hybridized carbons (Fsp3) is 0.200. The van der Waals surface area contributed by atoms with E-state index in [0.717, 1.165) is 11.1 Å². The lowest BCUT2D eigenvalue weighted by Crippen LogP contribution is -2.03. The smallest absolute Gasteiger partial charge is 0.150 e. The molecule has 0 saturated carbocycles. The summed E-state index contributed by atoms with van der Waals surface area (Å²) in [7, 11) is -1.14. The molecule has 0 saturated heterocycles. The molecule has 0 fully saturated rings. The number of aryl methyl sites for hydroxylation is 1. The first-order chi connectivity index (χ1) is 9.06. The molecule has 2 nitrogen and oxygen atoms in total. The molecule has 0 aromatic heterocycles. The molecule has 0 aliphatic heterocycles. The van der Waals surface area contributed by atoms with Gasteiger partial charge in [0.15, 0.2) is 0 Å². The van der Waals surface area contributed by atoms with Crippen molar-refractivity contribution in [3.05, 3.63) is 65.0 Å². The lowest BCUT2D eigenvalue weighted by atomic mass is 10.2. The lowest BCUT2D eigenvalue weighted by molar-refractivity contribution is 0.620. The standard InChI is InChI=1S/C15H16FNOS/c1-11-4-2-5-12(8-11)9-19(18)10-13-6-3-7-14(17)15(13)16/h2-8H,9-10,17H2,1H3. The Labute approximate surface area is 114 Å². The molecule has 0 radical (unpaired) electrons. The third-order valence-corrected chi connectivity index (χ3v) is 4.12. The second-order valence-corrected chi connectivity index (χ2v) is 5.99. The van der Waals surface area contributed by atoms with Crippen LogP contribution in [-0.2, 0) is 22.3 Å². The molecule has 4 heteroatoms. The van der Waals surface area contributed by atoms with Crippen molar-refractivity contribution >= 4 is 16.5 Å². The van der Waals surface area contributed by atoms with Crippen molar-refractivity contribution in [2.45, 2.75) is 18.4 Å². The van der Waals surface area contributed by atoms with Gasteiger partial charge in [-0.1, -0.05) is 42.0 Å². The summed E-state index contributed by atoms with van der Waals surface area (Å²) < 4.78 is 25.8. The molecule has 0 aliphatic rings. The average Bonchev–Trinajstić information content (AvgIpc) is 2.35. The first kappa shape index (κ1) is 13.7. The normalized spacial score (nSPS) is 12.3. The van der Waals surface area contributed by atoms with Gasteiger partial charge < -0.3 is 5.73 Å². The summed E-state index contributed by atoms with van der Waals surface area (Å²) in [5.74, 6) is 0.154. The van der Waals surface area contributed by atoms with Crippen molar-refractivity contribution in [1.82, 2.24) is 0 Å². The van der Waals surface area contributed by atoms with Crippen molar-refractivity contribution in [3.8, 4) is 0 Å². The Hall–Kier alpha value is -1.68. The van der Waals surface area contributed by atoms with E-state index >= 15 is 0 Å². The Bertz CT molecular complexity index is 613.